The first-order valence-electron chi connectivity index (χ1n) is 5.09. The minimum Gasteiger partial charge on any atom is -0.394 e. The third-order valence-electron chi connectivity index (χ3n) is 1.49. The van der Waals surface area contributed by atoms with Gasteiger partial charge in [-0.05, 0) is 13.8 Å². The highest BCUT2D eigenvalue weighted by Crippen LogP contribution is 1.90. The van der Waals surface area contributed by atoms with Crippen molar-refractivity contribution in [2.24, 2.45) is 0 Å². The maximum Gasteiger partial charge on any atom is 0.142 e. The van der Waals surface area contributed by atoms with Crippen molar-refractivity contribution in [1.29, 1.82) is 0 Å². The third-order valence-corrected chi connectivity index (χ3v) is 1.49. The fourth-order valence-corrected chi connectivity index (χ4v) is 0.556. The lowest BCUT2D eigenvalue weighted by Gasteiger charge is -2.10. The Morgan fingerprint density at radius 2 is 1.59 bits per heavy atom. The molecule has 0 radical (unpaired) electrons. The largest absolute Gasteiger partial charge is 0.394 e. The molecule has 0 saturated heterocycles. The average molecular weight is 258 g/mol. The van der Waals surface area contributed by atoms with E-state index in [1.54, 1.807) is 13.8 Å². The van der Waals surface area contributed by atoms with Gasteiger partial charge in [-0.25, -0.2) is 9.78 Å². The van der Waals surface area contributed by atoms with Crippen LogP contribution in [-0.4, -0.2) is 70.6 Å². The summed E-state index contributed by atoms with van der Waals surface area (Å²) in [6.45, 7) is 3.06. The summed E-state index contributed by atoms with van der Waals surface area (Å²) in [5, 5.41) is 40.8. The van der Waals surface area contributed by atoms with Gasteiger partial charge in [0.25, 0.3) is 0 Å². The maximum atomic E-state index is 8.69. The quantitative estimate of drug-likeness (QED) is 0.279. The molecule has 0 spiro atoms. The maximum absolute atomic E-state index is 8.69. The lowest BCUT2D eigenvalue weighted by Crippen LogP contribution is -2.21. The van der Waals surface area contributed by atoms with Crippen LogP contribution in [0.3, 0.4) is 0 Å². The van der Waals surface area contributed by atoms with E-state index in [0.717, 1.165) is 0 Å². The van der Waals surface area contributed by atoms with E-state index >= 15 is 0 Å². The van der Waals surface area contributed by atoms with Crippen LogP contribution >= 0.6 is 0 Å². The normalized spacial score (nSPS) is 15.7. The highest BCUT2D eigenvalue weighted by atomic mass is 17.1. The van der Waals surface area contributed by atoms with Gasteiger partial charge in [0, 0.05) is 0 Å². The van der Waals surface area contributed by atoms with Gasteiger partial charge in [-0.3, -0.25) is 10.5 Å². The molecule has 0 rings (SSSR count). The minimum atomic E-state index is -0.861. The summed E-state index contributed by atoms with van der Waals surface area (Å²) in [4.78, 5) is 7.15. The molecule has 3 atom stereocenters. The van der Waals surface area contributed by atoms with E-state index in [-0.39, 0.29) is 19.3 Å². The zero-order chi connectivity index (χ0) is 13.7. The van der Waals surface area contributed by atoms with Gasteiger partial charge in [-0.1, -0.05) is 0 Å². The van der Waals surface area contributed by atoms with Gasteiger partial charge >= 0.3 is 0 Å². The summed E-state index contributed by atoms with van der Waals surface area (Å²) in [5.41, 5.74) is 0. The molecular formula is C9H22O8. The summed E-state index contributed by atoms with van der Waals surface area (Å²) in [6, 6.07) is 0. The van der Waals surface area contributed by atoms with Crippen LogP contribution in [0, 0.1) is 0 Å². The minimum absolute atomic E-state index is 0.00667. The molecule has 3 unspecified atom stereocenters. The lowest BCUT2D eigenvalue weighted by molar-refractivity contribution is -0.330. The third kappa shape index (κ3) is 15.7. The average Bonchev–Trinajstić information content (AvgIpc) is 2.33. The predicted octanol–water partition coefficient (Wildman–Crippen LogP) is -0.909. The van der Waals surface area contributed by atoms with E-state index in [9.17, 15) is 0 Å². The number of aliphatic hydroxyl groups excluding tert-OH is 3. The molecule has 106 valence electrons. The highest BCUT2D eigenvalue weighted by Gasteiger charge is 2.05. The smallest absolute Gasteiger partial charge is 0.142 e. The summed E-state index contributed by atoms with van der Waals surface area (Å²) >= 11 is 0. The zero-order valence-corrected chi connectivity index (χ0v) is 10.0. The highest BCUT2D eigenvalue weighted by molar-refractivity contribution is 4.48. The molecule has 0 aliphatic rings. The summed E-state index contributed by atoms with van der Waals surface area (Å²) < 4.78 is 4.95. The van der Waals surface area contributed by atoms with Gasteiger partial charge in [0.15, 0.2) is 0 Å². The first kappa shape index (κ1) is 19.0. The monoisotopic (exact) mass is 258 g/mol. The number of rotatable bonds is 8. The lowest BCUT2D eigenvalue weighted by atomic mass is 10.4. The van der Waals surface area contributed by atoms with Crippen molar-refractivity contribution < 1.29 is 40.3 Å². The standard InChI is InChI=1S/C6H14O3.C3H8O5/c1-5(8)4-9-6(2)3-7;4-1-3(8-6)2-7-5/h5-8H,3-4H2,1-2H3;3-6H,1-2H2. The number of hydrogen-bond donors (Lipinski definition) is 5. The molecule has 8 nitrogen and oxygen atoms in total. The Morgan fingerprint density at radius 1 is 1.00 bits per heavy atom. The van der Waals surface area contributed by atoms with E-state index < -0.39 is 18.8 Å². The van der Waals surface area contributed by atoms with Crippen LogP contribution in [-0.2, 0) is 14.5 Å². The Bertz CT molecular complexity index is 139. The molecule has 0 aromatic heterocycles. The number of ether oxygens (including phenoxy) is 1. The van der Waals surface area contributed by atoms with Crippen LogP contribution in [0.1, 0.15) is 13.8 Å². The molecule has 0 aromatic carbocycles. The number of aliphatic hydroxyl groups is 3. The van der Waals surface area contributed by atoms with Crippen molar-refractivity contribution >= 4 is 0 Å². The van der Waals surface area contributed by atoms with Gasteiger partial charge in [-0.2, -0.15) is 0 Å². The second kappa shape index (κ2) is 13.7. The molecule has 0 fully saturated rings. The zero-order valence-electron chi connectivity index (χ0n) is 10.0. The van der Waals surface area contributed by atoms with Crippen molar-refractivity contribution in [3.63, 3.8) is 0 Å². The van der Waals surface area contributed by atoms with Crippen LogP contribution in [0.2, 0.25) is 0 Å². The van der Waals surface area contributed by atoms with Crippen molar-refractivity contribution in [1.82, 2.24) is 0 Å². The summed E-state index contributed by atoms with van der Waals surface area (Å²) in [5.74, 6) is 0. The second-order valence-corrected chi connectivity index (χ2v) is 3.38. The first-order chi connectivity index (χ1) is 8.01. The van der Waals surface area contributed by atoms with Crippen molar-refractivity contribution in [2.45, 2.75) is 32.2 Å². The Morgan fingerprint density at radius 3 is 1.82 bits per heavy atom. The molecule has 5 N–H and O–H groups in total. The molecule has 0 aliphatic heterocycles. The number of hydrogen-bond acceptors (Lipinski definition) is 8. The molecule has 0 saturated carbocycles. The van der Waals surface area contributed by atoms with Crippen LogP contribution < -0.4 is 0 Å². The van der Waals surface area contributed by atoms with Crippen LogP contribution in [0.15, 0.2) is 0 Å². The molecule has 0 aliphatic carbocycles. The molecular weight excluding hydrogens is 236 g/mol. The first-order valence-corrected chi connectivity index (χ1v) is 5.09. The van der Waals surface area contributed by atoms with Gasteiger partial charge in [-0.15, -0.1) is 0 Å². The van der Waals surface area contributed by atoms with Crippen LogP contribution in [0.25, 0.3) is 0 Å². The Kier molecular flexibility index (Phi) is 15.4. The van der Waals surface area contributed by atoms with E-state index in [1.165, 1.54) is 0 Å². The van der Waals surface area contributed by atoms with E-state index in [4.69, 9.17) is 30.6 Å². The van der Waals surface area contributed by atoms with E-state index in [2.05, 4.69) is 9.78 Å². The Balaban J connectivity index is 0. The summed E-state index contributed by atoms with van der Waals surface area (Å²) in [7, 11) is 0. The molecule has 0 bridgehead atoms. The topological polar surface area (TPSA) is 129 Å². The van der Waals surface area contributed by atoms with Gasteiger partial charge < -0.3 is 20.1 Å². The molecule has 0 aromatic rings. The van der Waals surface area contributed by atoms with Crippen molar-refractivity contribution in [2.75, 3.05) is 26.4 Å². The van der Waals surface area contributed by atoms with Crippen molar-refractivity contribution in [3.05, 3.63) is 0 Å². The fraction of sp³-hybridized carbons (Fsp3) is 1.00. The van der Waals surface area contributed by atoms with E-state index in [0.29, 0.717) is 6.61 Å². The molecule has 17 heavy (non-hydrogen) atoms. The van der Waals surface area contributed by atoms with Crippen LogP contribution in [0.5, 0.6) is 0 Å². The second-order valence-electron chi connectivity index (χ2n) is 3.38. The van der Waals surface area contributed by atoms with E-state index in [1.807, 2.05) is 0 Å². The van der Waals surface area contributed by atoms with Gasteiger partial charge in [0.2, 0.25) is 0 Å². The molecule has 8 heteroatoms. The molecule has 0 heterocycles. The fourth-order valence-electron chi connectivity index (χ4n) is 0.556. The van der Waals surface area contributed by atoms with Crippen molar-refractivity contribution in [3.8, 4) is 0 Å². The Labute approximate surface area is 99.8 Å². The van der Waals surface area contributed by atoms with Gasteiger partial charge in [0.1, 0.15) is 12.7 Å². The summed E-state index contributed by atoms with van der Waals surface area (Å²) in [6.07, 6.45) is -1.47. The van der Waals surface area contributed by atoms with Crippen LogP contribution in [0.4, 0.5) is 0 Å². The Hall–Kier alpha value is -0.320. The molecule has 0 amide bonds. The SMILES string of the molecule is CC(O)COC(C)CO.OCC(COO)OO. The van der Waals surface area contributed by atoms with Gasteiger partial charge in [0.05, 0.1) is 32.0 Å². The predicted molar refractivity (Wildman–Crippen MR) is 57.3 cm³/mol.